The first kappa shape index (κ1) is 19.8. The fourth-order valence-electron chi connectivity index (χ4n) is 2.17. The van der Waals surface area contributed by atoms with E-state index in [-0.39, 0.29) is 6.61 Å². The van der Waals surface area contributed by atoms with Gasteiger partial charge >= 0.3 is 6.03 Å². The van der Waals surface area contributed by atoms with E-state index in [2.05, 4.69) is 15.8 Å². The molecule has 2 rings (SSSR count). The Morgan fingerprint density at radius 2 is 1.93 bits per heavy atom. The molecule has 0 fully saturated rings. The van der Waals surface area contributed by atoms with Gasteiger partial charge in [-0.05, 0) is 49.2 Å². The van der Waals surface area contributed by atoms with Gasteiger partial charge in [0.2, 0.25) is 0 Å². The van der Waals surface area contributed by atoms with E-state index < -0.39 is 11.9 Å². The summed E-state index contributed by atoms with van der Waals surface area (Å²) in [6.07, 6.45) is 1.47. The van der Waals surface area contributed by atoms with Crippen molar-refractivity contribution in [3.63, 3.8) is 0 Å². The molecule has 0 saturated carbocycles. The molecule has 8 nitrogen and oxygen atoms in total. The standard InChI is InChI=1S/C19H22N4O4/c1-3-26-17-10-14(8-9-16(17)27-12-18(20)24)11-21-23-19(25)22-15-7-5-4-6-13(15)2/h4-11H,3,12H2,1-2H3,(H2,20,24)(H2,22,23,25). The van der Waals surface area contributed by atoms with Gasteiger partial charge < -0.3 is 20.5 Å². The summed E-state index contributed by atoms with van der Waals surface area (Å²) in [5, 5.41) is 6.63. The molecule has 0 saturated heterocycles. The molecule has 0 atom stereocenters. The van der Waals surface area contributed by atoms with E-state index in [0.29, 0.717) is 29.4 Å². The number of benzene rings is 2. The lowest BCUT2D eigenvalue weighted by atomic mass is 10.2. The Hall–Kier alpha value is -3.55. The van der Waals surface area contributed by atoms with E-state index in [1.165, 1.54) is 6.21 Å². The molecule has 0 heterocycles. The quantitative estimate of drug-likeness (QED) is 0.489. The third-order valence-corrected chi connectivity index (χ3v) is 3.41. The van der Waals surface area contributed by atoms with Crippen molar-refractivity contribution in [2.45, 2.75) is 13.8 Å². The van der Waals surface area contributed by atoms with Crippen LogP contribution in [0.1, 0.15) is 18.1 Å². The maximum Gasteiger partial charge on any atom is 0.339 e. The van der Waals surface area contributed by atoms with Crippen LogP contribution in [0.4, 0.5) is 10.5 Å². The normalized spacial score (nSPS) is 10.4. The number of para-hydroxylation sites is 1. The van der Waals surface area contributed by atoms with Crippen LogP contribution in [0.3, 0.4) is 0 Å². The Morgan fingerprint density at radius 3 is 2.63 bits per heavy atom. The van der Waals surface area contributed by atoms with Gasteiger partial charge in [-0.25, -0.2) is 10.2 Å². The predicted molar refractivity (Wildman–Crippen MR) is 103 cm³/mol. The van der Waals surface area contributed by atoms with Crippen LogP contribution < -0.4 is 25.9 Å². The highest BCUT2D eigenvalue weighted by Gasteiger charge is 2.07. The van der Waals surface area contributed by atoms with Gasteiger partial charge in [0.1, 0.15) is 0 Å². The molecule has 3 amide bonds. The van der Waals surface area contributed by atoms with Crippen LogP contribution in [0.5, 0.6) is 11.5 Å². The third-order valence-electron chi connectivity index (χ3n) is 3.41. The second-order valence-corrected chi connectivity index (χ2v) is 5.53. The van der Waals surface area contributed by atoms with E-state index >= 15 is 0 Å². The lowest BCUT2D eigenvalue weighted by Crippen LogP contribution is -2.24. The summed E-state index contributed by atoms with van der Waals surface area (Å²) in [5.74, 6) is 0.275. The highest BCUT2D eigenvalue weighted by Crippen LogP contribution is 2.28. The molecule has 0 bridgehead atoms. The smallest absolute Gasteiger partial charge is 0.339 e. The van der Waals surface area contributed by atoms with Gasteiger partial charge in [-0.3, -0.25) is 4.79 Å². The van der Waals surface area contributed by atoms with Gasteiger partial charge in [0.05, 0.1) is 12.8 Å². The molecule has 4 N–H and O–H groups in total. The van der Waals surface area contributed by atoms with Crippen LogP contribution in [0, 0.1) is 6.92 Å². The SMILES string of the molecule is CCOc1cc(C=NNC(=O)Nc2ccccc2C)ccc1OCC(N)=O. The summed E-state index contributed by atoms with van der Waals surface area (Å²) in [6, 6.07) is 12.0. The first-order valence-corrected chi connectivity index (χ1v) is 8.33. The van der Waals surface area contributed by atoms with Crippen molar-refractivity contribution in [1.82, 2.24) is 5.43 Å². The molecular weight excluding hydrogens is 348 g/mol. The minimum absolute atomic E-state index is 0.242. The second-order valence-electron chi connectivity index (χ2n) is 5.53. The van der Waals surface area contributed by atoms with Crippen molar-refractivity contribution in [1.29, 1.82) is 0 Å². The average molecular weight is 370 g/mol. The summed E-state index contributed by atoms with van der Waals surface area (Å²) >= 11 is 0. The molecule has 0 aliphatic carbocycles. The van der Waals surface area contributed by atoms with E-state index in [9.17, 15) is 9.59 Å². The molecule has 8 heteroatoms. The first-order valence-electron chi connectivity index (χ1n) is 8.33. The van der Waals surface area contributed by atoms with Crippen molar-refractivity contribution >= 4 is 23.8 Å². The molecule has 0 spiro atoms. The van der Waals surface area contributed by atoms with Gasteiger partial charge in [0, 0.05) is 5.69 Å². The van der Waals surface area contributed by atoms with Crippen LogP contribution in [-0.2, 0) is 4.79 Å². The molecule has 0 radical (unpaired) electrons. The fourth-order valence-corrected chi connectivity index (χ4v) is 2.17. The summed E-state index contributed by atoms with van der Waals surface area (Å²) < 4.78 is 10.8. The Bertz CT molecular complexity index is 836. The number of rotatable bonds is 8. The number of hydrogen-bond donors (Lipinski definition) is 3. The average Bonchev–Trinajstić information content (AvgIpc) is 2.63. The topological polar surface area (TPSA) is 115 Å². The van der Waals surface area contributed by atoms with Crippen LogP contribution >= 0.6 is 0 Å². The van der Waals surface area contributed by atoms with Crippen molar-refractivity contribution in [3.05, 3.63) is 53.6 Å². The number of hydrogen-bond acceptors (Lipinski definition) is 5. The molecular formula is C19H22N4O4. The number of ether oxygens (including phenoxy) is 2. The van der Waals surface area contributed by atoms with Crippen molar-refractivity contribution in [3.8, 4) is 11.5 Å². The largest absolute Gasteiger partial charge is 0.490 e. The minimum Gasteiger partial charge on any atom is -0.490 e. The van der Waals surface area contributed by atoms with Gasteiger partial charge in [-0.15, -0.1) is 0 Å². The summed E-state index contributed by atoms with van der Waals surface area (Å²) in [7, 11) is 0. The van der Waals surface area contributed by atoms with Crippen LogP contribution in [0.2, 0.25) is 0 Å². The molecule has 2 aromatic rings. The molecule has 142 valence electrons. The number of hydrazone groups is 1. The summed E-state index contributed by atoms with van der Waals surface area (Å²) in [6.45, 7) is 3.91. The summed E-state index contributed by atoms with van der Waals surface area (Å²) in [5.41, 5.74) is 9.82. The highest BCUT2D eigenvalue weighted by atomic mass is 16.5. The number of nitrogens with two attached hydrogens (primary N) is 1. The molecule has 0 aromatic heterocycles. The molecule has 0 aliphatic heterocycles. The number of nitrogens with zero attached hydrogens (tertiary/aromatic N) is 1. The predicted octanol–water partition coefficient (Wildman–Crippen LogP) is 2.41. The highest BCUT2D eigenvalue weighted by molar-refractivity contribution is 5.91. The van der Waals surface area contributed by atoms with Crippen molar-refractivity contribution < 1.29 is 19.1 Å². The van der Waals surface area contributed by atoms with Gasteiger partial charge in [0.25, 0.3) is 5.91 Å². The van der Waals surface area contributed by atoms with E-state index in [1.807, 2.05) is 32.0 Å². The second kappa shape index (κ2) is 9.81. The van der Waals surface area contributed by atoms with Gasteiger partial charge in [-0.1, -0.05) is 18.2 Å². The molecule has 0 unspecified atom stereocenters. The Morgan fingerprint density at radius 1 is 1.15 bits per heavy atom. The zero-order chi connectivity index (χ0) is 19.6. The van der Waals surface area contributed by atoms with Crippen molar-refractivity contribution in [2.24, 2.45) is 10.8 Å². The van der Waals surface area contributed by atoms with Crippen LogP contribution in [-0.4, -0.2) is 31.4 Å². The Labute approximate surface area is 157 Å². The monoisotopic (exact) mass is 370 g/mol. The van der Waals surface area contributed by atoms with Gasteiger partial charge in [-0.2, -0.15) is 5.10 Å². The van der Waals surface area contributed by atoms with Crippen LogP contribution in [0.15, 0.2) is 47.6 Å². The number of nitrogens with one attached hydrogen (secondary N) is 2. The third kappa shape index (κ3) is 6.35. The molecule has 2 aromatic carbocycles. The molecule has 27 heavy (non-hydrogen) atoms. The maximum absolute atomic E-state index is 11.9. The van der Waals surface area contributed by atoms with Crippen LogP contribution in [0.25, 0.3) is 0 Å². The number of carbonyl (C=O) groups is 2. The lowest BCUT2D eigenvalue weighted by molar-refractivity contribution is -0.119. The van der Waals surface area contributed by atoms with E-state index in [4.69, 9.17) is 15.2 Å². The summed E-state index contributed by atoms with van der Waals surface area (Å²) in [4.78, 5) is 22.8. The maximum atomic E-state index is 11.9. The number of amides is 3. The lowest BCUT2D eigenvalue weighted by Gasteiger charge is -2.11. The Kier molecular flexibility index (Phi) is 7.18. The zero-order valence-electron chi connectivity index (χ0n) is 15.2. The number of anilines is 1. The minimum atomic E-state index is -0.577. The number of urea groups is 1. The number of aryl methyl sites for hydroxylation is 1. The zero-order valence-corrected chi connectivity index (χ0v) is 15.2. The molecule has 0 aliphatic rings. The fraction of sp³-hybridized carbons (Fsp3) is 0.211. The number of primary amides is 1. The number of carbonyl (C=O) groups excluding carboxylic acids is 2. The van der Waals surface area contributed by atoms with Crippen molar-refractivity contribution in [2.75, 3.05) is 18.5 Å². The Balaban J connectivity index is 1.99. The first-order chi connectivity index (χ1) is 13.0. The van der Waals surface area contributed by atoms with E-state index in [1.54, 1.807) is 24.3 Å². The van der Waals surface area contributed by atoms with E-state index in [0.717, 1.165) is 5.56 Å². The van der Waals surface area contributed by atoms with Gasteiger partial charge in [0.15, 0.2) is 18.1 Å².